The number of para-hydroxylation sites is 1. The number of rotatable bonds is 2. The van der Waals surface area contributed by atoms with Crippen molar-refractivity contribution in [1.29, 1.82) is 0 Å². The van der Waals surface area contributed by atoms with E-state index in [2.05, 4.69) is 10.3 Å². The maximum Gasteiger partial charge on any atom is 0.433 e. The van der Waals surface area contributed by atoms with Gasteiger partial charge in [0.15, 0.2) is 0 Å². The second-order valence-corrected chi connectivity index (χ2v) is 5.83. The van der Waals surface area contributed by atoms with Crippen molar-refractivity contribution in [3.63, 3.8) is 0 Å². The summed E-state index contributed by atoms with van der Waals surface area (Å²) in [7, 11) is 0. The second kappa shape index (κ2) is 6.93. The maximum atomic E-state index is 13.0. The molecule has 7 heteroatoms. The number of alkyl halides is 3. The summed E-state index contributed by atoms with van der Waals surface area (Å²) in [6, 6.07) is 8.37. The Labute approximate surface area is 138 Å². The first-order valence-electron chi connectivity index (χ1n) is 7.42. The maximum absolute atomic E-state index is 13.0. The summed E-state index contributed by atoms with van der Waals surface area (Å²) in [5, 5.41) is 3.97. The van der Waals surface area contributed by atoms with Crippen LogP contribution in [0.1, 0.15) is 31.4 Å². The zero-order valence-corrected chi connectivity index (χ0v) is 13.3. The molecule has 1 saturated carbocycles. The lowest BCUT2D eigenvalue weighted by molar-refractivity contribution is -0.140. The van der Waals surface area contributed by atoms with Crippen molar-refractivity contribution in [3.8, 4) is 0 Å². The van der Waals surface area contributed by atoms with Crippen molar-refractivity contribution in [3.05, 3.63) is 36.0 Å². The highest BCUT2D eigenvalue weighted by Gasteiger charge is 2.33. The number of nitrogens with zero attached hydrogens (tertiary/aromatic N) is 1. The lowest BCUT2D eigenvalue weighted by atomic mass is 9.91. The average molecular weight is 346 g/mol. The lowest BCUT2D eigenvalue weighted by Crippen LogP contribution is -2.32. The normalized spacial score (nSPS) is 21.7. The molecule has 0 amide bonds. The molecule has 126 valence electrons. The Morgan fingerprint density at radius 2 is 1.74 bits per heavy atom. The number of hydrogen-bond donors (Lipinski definition) is 2. The fraction of sp³-hybridized carbons (Fsp3) is 0.438. The predicted molar refractivity (Wildman–Crippen MR) is 87.8 cm³/mol. The first-order valence-corrected chi connectivity index (χ1v) is 7.42. The minimum absolute atomic E-state index is 0. The largest absolute Gasteiger partial charge is 0.433 e. The van der Waals surface area contributed by atoms with Gasteiger partial charge in [0.1, 0.15) is 5.69 Å². The van der Waals surface area contributed by atoms with E-state index in [1.165, 1.54) is 0 Å². The average Bonchev–Trinajstić information content (AvgIpc) is 2.48. The Morgan fingerprint density at radius 1 is 1.09 bits per heavy atom. The van der Waals surface area contributed by atoms with Crippen LogP contribution in [0.3, 0.4) is 0 Å². The van der Waals surface area contributed by atoms with Gasteiger partial charge in [-0.1, -0.05) is 18.2 Å². The number of aromatic nitrogens is 1. The number of pyridine rings is 1. The first kappa shape index (κ1) is 17.8. The Balaban J connectivity index is 0.00000192. The molecule has 1 aromatic heterocycles. The van der Waals surface area contributed by atoms with Gasteiger partial charge in [0.05, 0.1) is 5.52 Å². The molecule has 3 N–H and O–H groups in total. The highest BCUT2D eigenvalue weighted by Crippen LogP contribution is 2.34. The predicted octanol–water partition coefficient (Wildman–Crippen LogP) is 4.36. The van der Waals surface area contributed by atoms with Gasteiger partial charge in [-0.25, -0.2) is 4.98 Å². The number of benzene rings is 1. The molecule has 0 bridgehead atoms. The van der Waals surface area contributed by atoms with Gasteiger partial charge in [-0.15, -0.1) is 12.4 Å². The Hall–Kier alpha value is -1.53. The van der Waals surface area contributed by atoms with E-state index in [0.29, 0.717) is 16.6 Å². The van der Waals surface area contributed by atoms with Crippen molar-refractivity contribution in [2.24, 2.45) is 5.73 Å². The molecular formula is C16H19ClF3N3. The van der Waals surface area contributed by atoms with Crippen molar-refractivity contribution >= 4 is 29.0 Å². The van der Waals surface area contributed by atoms with E-state index < -0.39 is 11.9 Å². The van der Waals surface area contributed by atoms with Gasteiger partial charge < -0.3 is 11.1 Å². The summed E-state index contributed by atoms with van der Waals surface area (Å²) in [6.07, 6.45) is -0.909. The van der Waals surface area contributed by atoms with Crippen LogP contribution in [0, 0.1) is 0 Å². The molecule has 0 aliphatic heterocycles. The van der Waals surface area contributed by atoms with Crippen LogP contribution >= 0.6 is 12.4 Å². The second-order valence-electron chi connectivity index (χ2n) is 5.83. The van der Waals surface area contributed by atoms with Gasteiger partial charge >= 0.3 is 6.18 Å². The van der Waals surface area contributed by atoms with Crippen LogP contribution in [0.2, 0.25) is 0 Å². The van der Waals surface area contributed by atoms with E-state index in [9.17, 15) is 13.2 Å². The summed E-state index contributed by atoms with van der Waals surface area (Å²) in [5.74, 6) is 0. The molecule has 0 spiro atoms. The topological polar surface area (TPSA) is 50.9 Å². The van der Waals surface area contributed by atoms with Crippen LogP contribution in [0.4, 0.5) is 18.9 Å². The molecule has 1 aliphatic carbocycles. The summed E-state index contributed by atoms with van der Waals surface area (Å²) in [4.78, 5) is 3.73. The van der Waals surface area contributed by atoms with Crippen molar-refractivity contribution in [2.45, 2.75) is 43.9 Å². The standard InChI is InChI=1S/C16H18F3N3.ClH/c17-16(18,19)15-9-14(12-3-1-2-4-13(12)22-15)21-11-7-5-10(20)6-8-11;/h1-4,9-11H,5-8,20H2,(H,21,22);1H. The number of hydrogen-bond acceptors (Lipinski definition) is 3. The molecule has 1 fully saturated rings. The van der Waals surface area contributed by atoms with Crippen LogP contribution in [0.5, 0.6) is 0 Å². The first-order chi connectivity index (χ1) is 10.4. The van der Waals surface area contributed by atoms with E-state index in [1.807, 2.05) is 0 Å². The number of fused-ring (bicyclic) bond motifs is 1. The summed E-state index contributed by atoms with van der Waals surface area (Å²) in [5.41, 5.74) is 5.87. The minimum atomic E-state index is -4.45. The van der Waals surface area contributed by atoms with Crippen LogP contribution in [0.15, 0.2) is 30.3 Å². The molecule has 3 nitrogen and oxygen atoms in total. The third kappa shape index (κ3) is 4.06. The Morgan fingerprint density at radius 3 is 2.39 bits per heavy atom. The molecule has 1 aliphatic rings. The number of nitrogens with two attached hydrogens (primary N) is 1. The minimum Gasteiger partial charge on any atom is -0.382 e. The highest BCUT2D eigenvalue weighted by molar-refractivity contribution is 5.91. The molecular weight excluding hydrogens is 327 g/mol. The number of anilines is 1. The zero-order valence-electron chi connectivity index (χ0n) is 12.4. The molecule has 0 atom stereocenters. The van der Waals surface area contributed by atoms with E-state index in [-0.39, 0.29) is 24.5 Å². The number of nitrogens with one attached hydrogen (secondary N) is 1. The fourth-order valence-electron chi connectivity index (χ4n) is 2.92. The van der Waals surface area contributed by atoms with Crippen LogP contribution in [-0.2, 0) is 6.18 Å². The third-order valence-corrected chi connectivity index (χ3v) is 4.14. The molecule has 2 aromatic rings. The van der Waals surface area contributed by atoms with Crippen molar-refractivity contribution < 1.29 is 13.2 Å². The molecule has 0 unspecified atom stereocenters. The number of halogens is 4. The summed E-state index contributed by atoms with van der Waals surface area (Å²) >= 11 is 0. The van der Waals surface area contributed by atoms with E-state index >= 15 is 0 Å². The molecule has 23 heavy (non-hydrogen) atoms. The van der Waals surface area contributed by atoms with Gasteiger partial charge in [0.25, 0.3) is 0 Å². The summed E-state index contributed by atoms with van der Waals surface area (Å²) in [6.45, 7) is 0. The molecule has 0 saturated heterocycles. The smallest absolute Gasteiger partial charge is 0.382 e. The molecule has 1 aromatic carbocycles. The Kier molecular flexibility index (Phi) is 5.37. The third-order valence-electron chi connectivity index (χ3n) is 4.14. The van der Waals surface area contributed by atoms with E-state index in [4.69, 9.17) is 5.73 Å². The zero-order chi connectivity index (χ0) is 15.7. The van der Waals surface area contributed by atoms with Crippen molar-refractivity contribution in [2.75, 3.05) is 5.32 Å². The lowest BCUT2D eigenvalue weighted by Gasteiger charge is -2.28. The summed E-state index contributed by atoms with van der Waals surface area (Å²) < 4.78 is 39.1. The van der Waals surface area contributed by atoms with Crippen LogP contribution < -0.4 is 11.1 Å². The van der Waals surface area contributed by atoms with Gasteiger partial charge in [0.2, 0.25) is 0 Å². The molecule has 1 heterocycles. The fourth-order valence-corrected chi connectivity index (χ4v) is 2.92. The monoisotopic (exact) mass is 345 g/mol. The highest BCUT2D eigenvalue weighted by atomic mass is 35.5. The van der Waals surface area contributed by atoms with Gasteiger partial charge in [0, 0.05) is 23.2 Å². The van der Waals surface area contributed by atoms with E-state index in [0.717, 1.165) is 31.7 Å². The van der Waals surface area contributed by atoms with Crippen LogP contribution in [-0.4, -0.2) is 17.1 Å². The van der Waals surface area contributed by atoms with Gasteiger partial charge in [-0.05, 0) is 37.8 Å². The van der Waals surface area contributed by atoms with Crippen LogP contribution in [0.25, 0.3) is 10.9 Å². The quantitative estimate of drug-likeness (QED) is 0.850. The van der Waals surface area contributed by atoms with Gasteiger partial charge in [-0.2, -0.15) is 13.2 Å². The van der Waals surface area contributed by atoms with Gasteiger partial charge in [-0.3, -0.25) is 0 Å². The molecule has 3 rings (SSSR count). The Bertz CT molecular complexity index is 667. The van der Waals surface area contributed by atoms with Crippen molar-refractivity contribution in [1.82, 2.24) is 4.98 Å². The molecule has 0 radical (unpaired) electrons. The van der Waals surface area contributed by atoms with E-state index in [1.54, 1.807) is 24.3 Å². The SMILES string of the molecule is Cl.NC1CCC(Nc2cc(C(F)(F)F)nc3ccccc23)CC1.